The highest BCUT2D eigenvalue weighted by atomic mass is 79.9. The SMILES string of the molecule is Cc1cc(Cn2c(N)nc3cc(Br)cnc32)on1. The van der Waals surface area contributed by atoms with Crippen molar-refractivity contribution in [2.24, 2.45) is 0 Å². The molecule has 0 aliphatic rings. The van der Waals surface area contributed by atoms with Gasteiger partial charge in [0.15, 0.2) is 11.4 Å². The Bertz CT molecular complexity index is 717. The van der Waals surface area contributed by atoms with Crippen molar-refractivity contribution in [3.8, 4) is 0 Å². The lowest BCUT2D eigenvalue weighted by Crippen LogP contribution is -2.04. The highest BCUT2D eigenvalue weighted by Crippen LogP contribution is 2.20. The van der Waals surface area contributed by atoms with Crippen LogP contribution in [0.25, 0.3) is 11.2 Å². The molecular weight excluding hydrogens is 298 g/mol. The van der Waals surface area contributed by atoms with E-state index < -0.39 is 0 Å². The van der Waals surface area contributed by atoms with Gasteiger partial charge in [-0.25, -0.2) is 9.97 Å². The van der Waals surface area contributed by atoms with Crippen LogP contribution in [0.2, 0.25) is 0 Å². The number of anilines is 1. The lowest BCUT2D eigenvalue weighted by Gasteiger charge is -2.01. The topological polar surface area (TPSA) is 82.8 Å². The third-order valence-corrected chi connectivity index (χ3v) is 3.01. The highest BCUT2D eigenvalue weighted by Gasteiger charge is 2.12. The first-order chi connectivity index (χ1) is 8.63. The molecule has 0 fully saturated rings. The summed E-state index contributed by atoms with van der Waals surface area (Å²) < 4.78 is 7.84. The maximum absolute atomic E-state index is 5.89. The van der Waals surface area contributed by atoms with Crippen LogP contribution in [0.4, 0.5) is 5.95 Å². The van der Waals surface area contributed by atoms with Crippen molar-refractivity contribution in [1.82, 2.24) is 19.7 Å². The van der Waals surface area contributed by atoms with E-state index in [-0.39, 0.29) is 0 Å². The molecule has 0 aliphatic heterocycles. The summed E-state index contributed by atoms with van der Waals surface area (Å²) in [7, 11) is 0. The standard InChI is InChI=1S/C11H10BrN5O/c1-6-2-8(18-16-6)5-17-10-9(15-11(17)13)3-7(12)4-14-10/h2-4H,5H2,1H3,(H2,13,15). The van der Waals surface area contributed by atoms with Crippen molar-refractivity contribution in [1.29, 1.82) is 0 Å². The lowest BCUT2D eigenvalue weighted by atomic mass is 10.4. The van der Waals surface area contributed by atoms with Gasteiger partial charge in [-0.2, -0.15) is 0 Å². The van der Waals surface area contributed by atoms with E-state index in [0.717, 1.165) is 27.1 Å². The van der Waals surface area contributed by atoms with Crippen LogP contribution in [0.5, 0.6) is 0 Å². The van der Waals surface area contributed by atoms with Gasteiger partial charge in [-0.15, -0.1) is 0 Å². The van der Waals surface area contributed by atoms with Crippen LogP contribution in [-0.2, 0) is 6.54 Å². The Kier molecular flexibility index (Phi) is 2.55. The van der Waals surface area contributed by atoms with Gasteiger partial charge in [-0.05, 0) is 28.9 Å². The summed E-state index contributed by atoms with van der Waals surface area (Å²) in [4.78, 5) is 8.58. The van der Waals surface area contributed by atoms with Crippen LogP contribution in [0.15, 0.2) is 27.3 Å². The first kappa shape index (κ1) is 11.2. The Morgan fingerprint density at radius 3 is 3.00 bits per heavy atom. The fourth-order valence-electron chi connectivity index (χ4n) is 1.81. The summed E-state index contributed by atoms with van der Waals surface area (Å²) in [5.41, 5.74) is 8.20. The van der Waals surface area contributed by atoms with Gasteiger partial charge in [0.05, 0.1) is 12.2 Å². The minimum atomic E-state index is 0.407. The van der Waals surface area contributed by atoms with E-state index in [4.69, 9.17) is 10.3 Å². The number of hydrogen-bond acceptors (Lipinski definition) is 5. The highest BCUT2D eigenvalue weighted by molar-refractivity contribution is 9.10. The van der Waals surface area contributed by atoms with Crippen LogP contribution in [0.1, 0.15) is 11.5 Å². The van der Waals surface area contributed by atoms with E-state index in [1.807, 2.05) is 19.1 Å². The second kappa shape index (κ2) is 4.09. The van der Waals surface area contributed by atoms with Crippen molar-refractivity contribution in [3.63, 3.8) is 0 Å². The molecular formula is C11H10BrN5O. The normalized spacial score (nSPS) is 11.2. The Balaban J connectivity index is 2.08. The molecule has 0 spiro atoms. The van der Waals surface area contributed by atoms with Gasteiger partial charge in [0.25, 0.3) is 0 Å². The minimum absolute atomic E-state index is 0.407. The zero-order valence-corrected chi connectivity index (χ0v) is 11.2. The number of pyridine rings is 1. The first-order valence-corrected chi connectivity index (χ1v) is 6.12. The van der Waals surface area contributed by atoms with E-state index in [9.17, 15) is 0 Å². The van der Waals surface area contributed by atoms with E-state index in [0.29, 0.717) is 12.5 Å². The van der Waals surface area contributed by atoms with E-state index in [1.54, 1.807) is 10.8 Å². The molecule has 2 N–H and O–H groups in total. The van der Waals surface area contributed by atoms with E-state index in [2.05, 4.69) is 31.1 Å². The lowest BCUT2D eigenvalue weighted by molar-refractivity contribution is 0.374. The molecule has 7 heteroatoms. The van der Waals surface area contributed by atoms with Crippen LogP contribution in [0.3, 0.4) is 0 Å². The summed E-state index contributed by atoms with van der Waals surface area (Å²) in [5.74, 6) is 1.13. The van der Waals surface area contributed by atoms with Gasteiger partial charge in [0.2, 0.25) is 5.95 Å². The largest absolute Gasteiger partial charge is 0.369 e. The van der Waals surface area contributed by atoms with Crippen molar-refractivity contribution in [3.05, 3.63) is 34.3 Å². The van der Waals surface area contributed by atoms with Gasteiger partial charge >= 0.3 is 0 Å². The summed E-state index contributed by atoms with van der Waals surface area (Å²) in [6.45, 7) is 2.34. The molecule has 0 aromatic carbocycles. The van der Waals surface area contributed by atoms with Crippen molar-refractivity contribution in [2.75, 3.05) is 5.73 Å². The van der Waals surface area contributed by atoms with Gasteiger partial charge in [-0.3, -0.25) is 4.57 Å². The number of hydrogen-bond donors (Lipinski definition) is 1. The maximum Gasteiger partial charge on any atom is 0.202 e. The van der Waals surface area contributed by atoms with Gasteiger partial charge in [0.1, 0.15) is 5.52 Å². The fourth-order valence-corrected chi connectivity index (χ4v) is 2.13. The monoisotopic (exact) mass is 307 g/mol. The quantitative estimate of drug-likeness (QED) is 0.784. The molecule has 0 bridgehead atoms. The van der Waals surface area contributed by atoms with Gasteiger partial charge in [-0.1, -0.05) is 5.16 Å². The van der Waals surface area contributed by atoms with E-state index in [1.165, 1.54) is 0 Å². The third-order valence-electron chi connectivity index (χ3n) is 2.57. The maximum atomic E-state index is 5.89. The molecule has 3 rings (SSSR count). The predicted molar refractivity (Wildman–Crippen MR) is 70.0 cm³/mol. The minimum Gasteiger partial charge on any atom is -0.369 e. The van der Waals surface area contributed by atoms with Crippen LogP contribution < -0.4 is 5.73 Å². The molecule has 0 radical (unpaired) electrons. The Morgan fingerprint density at radius 2 is 2.28 bits per heavy atom. The average molecular weight is 308 g/mol. The molecule has 0 saturated carbocycles. The third kappa shape index (κ3) is 1.86. The summed E-state index contributed by atoms with van der Waals surface area (Å²) in [6.07, 6.45) is 1.71. The van der Waals surface area contributed by atoms with Crippen LogP contribution >= 0.6 is 15.9 Å². The number of nitrogens with zero attached hydrogens (tertiary/aromatic N) is 4. The number of rotatable bonds is 2. The predicted octanol–water partition coefficient (Wildman–Crippen LogP) is 2.12. The first-order valence-electron chi connectivity index (χ1n) is 5.33. The number of halogens is 1. The molecule has 3 aromatic rings. The van der Waals surface area contributed by atoms with E-state index >= 15 is 0 Å². The summed E-state index contributed by atoms with van der Waals surface area (Å²) >= 11 is 3.36. The second-order valence-corrected chi connectivity index (χ2v) is 4.90. The second-order valence-electron chi connectivity index (χ2n) is 3.99. The molecule has 0 amide bonds. The summed E-state index contributed by atoms with van der Waals surface area (Å²) in [5, 5.41) is 3.84. The molecule has 0 saturated heterocycles. The molecule has 6 nitrogen and oxygen atoms in total. The molecule has 0 aliphatic carbocycles. The number of nitrogen functional groups attached to an aromatic ring is 1. The Hall–Kier alpha value is -1.89. The molecule has 3 aromatic heterocycles. The Labute approximate surface area is 111 Å². The molecule has 18 heavy (non-hydrogen) atoms. The molecule has 0 atom stereocenters. The molecule has 0 unspecified atom stereocenters. The van der Waals surface area contributed by atoms with Crippen LogP contribution in [0, 0.1) is 6.92 Å². The summed E-state index contributed by atoms with van der Waals surface area (Å²) in [6, 6.07) is 3.74. The zero-order chi connectivity index (χ0) is 12.7. The number of fused-ring (bicyclic) bond motifs is 1. The van der Waals surface area contributed by atoms with Gasteiger partial charge in [0, 0.05) is 16.7 Å². The Morgan fingerprint density at radius 1 is 1.44 bits per heavy atom. The van der Waals surface area contributed by atoms with Gasteiger partial charge < -0.3 is 10.3 Å². The number of imidazole rings is 1. The number of aryl methyl sites for hydroxylation is 1. The average Bonchev–Trinajstić information content (AvgIpc) is 2.84. The molecule has 92 valence electrons. The van der Waals surface area contributed by atoms with Crippen LogP contribution in [-0.4, -0.2) is 19.7 Å². The molecule has 3 heterocycles. The van der Waals surface area contributed by atoms with Crippen molar-refractivity contribution < 1.29 is 4.52 Å². The van der Waals surface area contributed by atoms with Crippen molar-refractivity contribution in [2.45, 2.75) is 13.5 Å². The number of nitrogens with two attached hydrogens (primary N) is 1. The van der Waals surface area contributed by atoms with Crippen molar-refractivity contribution >= 4 is 33.0 Å². The fraction of sp³-hybridized carbons (Fsp3) is 0.182. The number of aromatic nitrogens is 4. The zero-order valence-electron chi connectivity index (χ0n) is 9.59. The smallest absolute Gasteiger partial charge is 0.202 e.